The number of amides is 1. The van der Waals surface area contributed by atoms with Gasteiger partial charge in [-0.25, -0.2) is 0 Å². The predicted octanol–water partition coefficient (Wildman–Crippen LogP) is 1.97. The van der Waals surface area contributed by atoms with Crippen molar-refractivity contribution < 1.29 is 4.79 Å². The van der Waals surface area contributed by atoms with Crippen LogP contribution in [0.5, 0.6) is 0 Å². The molecule has 0 spiro atoms. The van der Waals surface area contributed by atoms with Crippen molar-refractivity contribution in [3.8, 4) is 0 Å². The van der Waals surface area contributed by atoms with Crippen LogP contribution in [0.15, 0.2) is 0 Å². The van der Waals surface area contributed by atoms with E-state index in [1.165, 1.54) is 5.75 Å². The van der Waals surface area contributed by atoms with Crippen molar-refractivity contribution in [1.82, 2.24) is 4.90 Å². The lowest BCUT2D eigenvalue weighted by atomic mass is 10.0. The van der Waals surface area contributed by atoms with Crippen LogP contribution in [-0.4, -0.2) is 40.8 Å². The summed E-state index contributed by atoms with van der Waals surface area (Å²) in [7, 11) is 0. The normalized spacial score (nSPS) is 29.5. The Kier molecular flexibility index (Phi) is 3.61. The molecule has 1 amide bonds. The molecule has 2 fully saturated rings. The lowest BCUT2D eigenvalue weighted by molar-refractivity contribution is -0.130. The fraction of sp³-hybridized carbons (Fsp3) is 0.900. The Morgan fingerprint density at radius 3 is 2.71 bits per heavy atom. The Hall–Kier alpha value is 0.110. The van der Waals surface area contributed by atoms with Crippen LogP contribution in [0.3, 0.4) is 0 Å². The minimum atomic E-state index is -0.261. The maximum atomic E-state index is 11.9. The standard InChI is InChI=1S/C10H16ClNOS/c11-9(8-3-6-14-7-8)10(13)12-4-1-2-5-12/h8-9H,1-7H2. The quantitative estimate of drug-likeness (QED) is 0.680. The third-order valence-corrected chi connectivity index (χ3v) is 4.76. The molecule has 4 heteroatoms. The van der Waals surface area contributed by atoms with Crippen LogP contribution in [-0.2, 0) is 4.79 Å². The van der Waals surface area contributed by atoms with Crippen molar-refractivity contribution in [2.75, 3.05) is 24.6 Å². The van der Waals surface area contributed by atoms with Crippen LogP contribution in [0.1, 0.15) is 19.3 Å². The number of likely N-dealkylation sites (tertiary alicyclic amines) is 1. The summed E-state index contributed by atoms with van der Waals surface area (Å²) in [6.45, 7) is 1.84. The number of carbonyl (C=O) groups excluding carboxylic acids is 1. The molecular weight excluding hydrogens is 218 g/mol. The summed E-state index contributed by atoms with van der Waals surface area (Å²) < 4.78 is 0. The van der Waals surface area contributed by atoms with Gasteiger partial charge in [-0.15, -0.1) is 11.6 Å². The number of rotatable bonds is 2. The molecule has 0 aromatic rings. The highest BCUT2D eigenvalue weighted by molar-refractivity contribution is 7.99. The summed E-state index contributed by atoms with van der Waals surface area (Å²) in [6.07, 6.45) is 3.40. The third-order valence-electron chi connectivity index (χ3n) is 3.03. The molecule has 0 radical (unpaired) electrons. The summed E-state index contributed by atoms with van der Waals surface area (Å²) in [5.74, 6) is 2.82. The monoisotopic (exact) mass is 233 g/mol. The van der Waals surface area contributed by atoms with Crippen LogP contribution in [0, 0.1) is 5.92 Å². The Morgan fingerprint density at radius 2 is 2.14 bits per heavy atom. The molecule has 80 valence electrons. The second-order valence-corrected chi connectivity index (χ2v) is 5.68. The van der Waals surface area contributed by atoms with Gasteiger partial charge in [0.2, 0.25) is 5.91 Å². The molecule has 2 heterocycles. The van der Waals surface area contributed by atoms with E-state index in [9.17, 15) is 4.79 Å². The Morgan fingerprint density at radius 1 is 1.43 bits per heavy atom. The van der Waals surface area contributed by atoms with Gasteiger partial charge in [-0.05, 0) is 36.7 Å². The smallest absolute Gasteiger partial charge is 0.240 e. The number of hydrogen-bond acceptors (Lipinski definition) is 2. The number of nitrogens with zero attached hydrogens (tertiary/aromatic N) is 1. The predicted molar refractivity (Wildman–Crippen MR) is 60.9 cm³/mol. The first kappa shape index (κ1) is 10.6. The van der Waals surface area contributed by atoms with Crippen molar-refractivity contribution in [2.45, 2.75) is 24.6 Å². The molecule has 0 bridgehead atoms. The molecule has 0 aromatic heterocycles. The van der Waals surface area contributed by atoms with Crippen LogP contribution in [0.2, 0.25) is 0 Å². The lowest BCUT2D eigenvalue weighted by Crippen LogP contribution is -2.38. The fourth-order valence-electron chi connectivity index (χ4n) is 2.10. The Labute approximate surface area is 94.4 Å². The number of alkyl halides is 1. The zero-order chi connectivity index (χ0) is 9.97. The molecule has 2 unspecified atom stereocenters. The molecule has 0 saturated carbocycles. The maximum Gasteiger partial charge on any atom is 0.240 e. The van der Waals surface area contributed by atoms with Gasteiger partial charge in [-0.2, -0.15) is 11.8 Å². The zero-order valence-corrected chi connectivity index (χ0v) is 9.82. The molecular formula is C10H16ClNOS. The van der Waals surface area contributed by atoms with E-state index in [0.29, 0.717) is 5.92 Å². The molecule has 2 saturated heterocycles. The summed E-state index contributed by atoms with van der Waals surface area (Å²) in [5, 5.41) is -0.261. The van der Waals surface area contributed by atoms with Crippen molar-refractivity contribution in [3.63, 3.8) is 0 Å². The topological polar surface area (TPSA) is 20.3 Å². The average Bonchev–Trinajstić information content (AvgIpc) is 2.87. The highest BCUT2D eigenvalue weighted by Crippen LogP contribution is 2.30. The Balaban J connectivity index is 1.89. The number of thioether (sulfide) groups is 1. The van der Waals surface area contributed by atoms with Crippen molar-refractivity contribution in [2.24, 2.45) is 5.92 Å². The van der Waals surface area contributed by atoms with Crippen molar-refractivity contribution in [3.05, 3.63) is 0 Å². The summed E-state index contributed by atoms with van der Waals surface area (Å²) in [6, 6.07) is 0. The van der Waals surface area contributed by atoms with E-state index in [2.05, 4.69) is 0 Å². The van der Waals surface area contributed by atoms with E-state index in [4.69, 9.17) is 11.6 Å². The van der Waals surface area contributed by atoms with Crippen LogP contribution >= 0.6 is 23.4 Å². The number of carbonyl (C=O) groups is 1. The lowest BCUT2D eigenvalue weighted by Gasteiger charge is -2.22. The van der Waals surface area contributed by atoms with Gasteiger partial charge in [-0.3, -0.25) is 4.79 Å². The van der Waals surface area contributed by atoms with Crippen LogP contribution in [0.25, 0.3) is 0 Å². The van der Waals surface area contributed by atoms with E-state index in [1.54, 1.807) is 0 Å². The molecule has 14 heavy (non-hydrogen) atoms. The van der Waals surface area contributed by atoms with E-state index in [1.807, 2.05) is 16.7 Å². The third kappa shape index (κ3) is 2.19. The highest BCUT2D eigenvalue weighted by atomic mass is 35.5. The minimum absolute atomic E-state index is 0.177. The first-order valence-electron chi connectivity index (χ1n) is 5.29. The SMILES string of the molecule is O=C(C(Cl)C1CCSC1)N1CCCC1. The highest BCUT2D eigenvalue weighted by Gasteiger charge is 2.32. The van der Waals surface area contributed by atoms with E-state index in [-0.39, 0.29) is 11.3 Å². The van der Waals surface area contributed by atoms with Gasteiger partial charge >= 0.3 is 0 Å². The average molecular weight is 234 g/mol. The summed E-state index contributed by atoms with van der Waals surface area (Å²) in [4.78, 5) is 13.8. The first-order valence-corrected chi connectivity index (χ1v) is 6.89. The van der Waals surface area contributed by atoms with Gasteiger partial charge in [0.05, 0.1) is 0 Å². The molecule has 0 N–H and O–H groups in total. The summed E-state index contributed by atoms with van der Waals surface area (Å²) in [5.41, 5.74) is 0. The molecule has 0 aromatic carbocycles. The summed E-state index contributed by atoms with van der Waals surface area (Å²) >= 11 is 8.13. The van der Waals surface area contributed by atoms with Crippen molar-refractivity contribution >= 4 is 29.3 Å². The van der Waals surface area contributed by atoms with E-state index < -0.39 is 0 Å². The van der Waals surface area contributed by atoms with Gasteiger partial charge in [0.1, 0.15) is 5.38 Å². The van der Waals surface area contributed by atoms with E-state index in [0.717, 1.165) is 38.1 Å². The minimum Gasteiger partial charge on any atom is -0.341 e. The van der Waals surface area contributed by atoms with Crippen LogP contribution < -0.4 is 0 Å². The molecule has 2 rings (SSSR count). The van der Waals surface area contributed by atoms with Gasteiger partial charge in [0.15, 0.2) is 0 Å². The van der Waals surface area contributed by atoms with E-state index >= 15 is 0 Å². The molecule has 2 aliphatic heterocycles. The molecule has 2 nitrogen and oxygen atoms in total. The molecule has 0 aliphatic carbocycles. The zero-order valence-electron chi connectivity index (χ0n) is 8.25. The van der Waals surface area contributed by atoms with Gasteiger partial charge in [0, 0.05) is 13.1 Å². The largest absolute Gasteiger partial charge is 0.341 e. The first-order chi connectivity index (χ1) is 6.79. The maximum absolute atomic E-state index is 11.9. The molecule has 2 atom stereocenters. The Bertz CT molecular complexity index is 212. The van der Waals surface area contributed by atoms with Gasteiger partial charge in [-0.1, -0.05) is 0 Å². The van der Waals surface area contributed by atoms with Gasteiger partial charge in [0.25, 0.3) is 0 Å². The van der Waals surface area contributed by atoms with Gasteiger partial charge < -0.3 is 4.90 Å². The number of hydrogen-bond donors (Lipinski definition) is 0. The second-order valence-electron chi connectivity index (χ2n) is 4.06. The second kappa shape index (κ2) is 4.75. The number of halogens is 1. The van der Waals surface area contributed by atoms with Crippen molar-refractivity contribution in [1.29, 1.82) is 0 Å². The fourth-order valence-corrected chi connectivity index (χ4v) is 3.85. The molecule has 2 aliphatic rings. The van der Waals surface area contributed by atoms with Crippen LogP contribution in [0.4, 0.5) is 0 Å².